The number of hydrogen-bond acceptors (Lipinski definition) is 4. The number of hydrogen-bond donors (Lipinski definition) is 1. The molecule has 2 rings (SSSR count). The van der Waals surface area contributed by atoms with Gasteiger partial charge in [-0.2, -0.15) is 8.78 Å². The van der Waals surface area contributed by atoms with Gasteiger partial charge >= 0.3 is 5.92 Å². The Bertz CT molecular complexity index is 653. The number of halogens is 2. The quantitative estimate of drug-likeness (QED) is 0.468. The van der Waals surface area contributed by atoms with Crippen LogP contribution >= 0.6 is 11.8 Å². The first-order valence-corrected chi connectivity index (χ1v) is 12.1. The van der Waals surface area contributed by atoms with Crippen LogP contribution in [0.1, 0.15) is 87.0 Å². The zero-order valence-corrected chi connectivity index (χ0v) is 19.8. The van der Waals surface area contributed by atoms with Gasteiger partial charge in [-0.05, 0) is 57.8 Å². The second kappa shape index (κ2) is 11.6. The Labute approximate surface area is 191 Å². The van der Waals surface area contributed by atoms with Gasteiger partial charge in [-0.1, -0.05) is 45.9 Å². The molecule has 5 nitrogen and oxygen atoms in total. The molecule has 1 N–H and O–H groups in total. The molecule has 1 heterocycles. The van der Waals surface area contributed by atoms with E-state index in [1.54, 1.807) is 0 Å². The van der Waals surface area contributed by atoms with Crippen molar-refractivity contribution in [1.29, 1.82) is 0 Å². The average molecular weight is 462 g/mol. The summed E-state index contributed by atoms with van der Waals surface area (Å²) in [7, 11) is 0. The largest absolute Gasteiger partial charge is 0.338 e. The second-order valence-corrected chi connectivity index (χ2v) is 10.6. The van der Waals surface area contributed by atoms with E-state index in [0.29, 0.717) is 43.8 Å². The summed E-state index contributed by atoms with van der Waals surface area (Å²) in [5, 5.41) is 3.57. The van der Waals surface area contributed by atoms with E-state index in [0.717, 1.165) is 5.92 Å². The number of aliphatic imine (C=N–C) groups is 1. The van der Waals surface area contributed by atoms with Gasteiger partial charge in [-0.15, -0.1) is 0 Å². The number of thioether (sulfide) groups is 1. The van der Waals surface area contributed by atoms with Crippen LogP contribution in [-0.4, -0.2) is 51.7 Å². The number of rotatable bonds is 10. The van der Waals surface area contributed by atoms with E-state index in [4.69, 9.17) is 4.99 Å². The van der Waals surface area contributed by atoms with Gasteiger partial charge < -0.3 is 10.2 Å². The first-order chi connectivity index (χ1) is 14.0. The summed E-state index contributed by atoms with van der Waals surface area (Å²) in [4.78, 5) is 30.5. The van der Waals surface area contributed by atoms with E-state index in [9.17, 15) is 18.4 Å². The summed E-state index contributed by atoms with van der Waals surface area (Å²) in [6.45, 7) is 9.23. The van der Waals surface area contributed by atoms with Gasteiger partial charge in [0.15, 0.2) is 5.17 Å². The number of alkyl halides is 2. The highest BCUT2D eigenvalue weighted by atomic mass is 32.2. The molecule has 2 amide bonds. The van der Waals surface area contributed by atoms with Crippen molar-refractivity contribution in [3.05, 3.63) is 0 Å². The highest BCUT2D eigenvalue weighted by molar-refractivity contribution is 8.16. The van der Waals surface area contributed by atoms with Crippen LogP contribution in [0.4, 0.5) is 8.78 Å². The van der Waals surface area contributed by atoms with Crippen molar-refractivity contribution < 1.29 is 18.4 Å². The molecule has 8 heteroatoms. The van der Waals surface area contributed by atoms with Crippen LogP contribution in [0.3, 0.4) is 0 Å². The Morgan fingerprint density at radius 1 is 1.35 bits per heavy atom. The highest BCUT2D eigenvalue weighted by Gasteiger charge is 2.43. The van der Waals surface area contributed by atoms with Crippen LogP contribution in [-0.2, 0) is 9.59 Å². The van der Waals surface area contributed by atoms with Crippen LogP contribution in [0.15, 0.2) is 4.99 Å². The lowest BCUT2D eigenvalue weighted by Crippen LogP contribution is -2.43. The number of nitrogens with one attached hydrogen (secondary N) is 1. The smallest absolute Gasteiger partial charge is 0.322 e. The van der Waals surface area contributed by atoms with Crippen LogP contribution in [0.2, 0.25) is 0 Å². The predicted molar refractivity (Wildman–Crippen MR) is 126 cm³/mol. The molecule has 2 fully saturated rings. The molecule has 0 radical (unpaired) electrons. The lowest BCUT2D eigenvalue weighted by molar-refractivity contribution is -0.155. The fraction of sp³-hybridized carbons (Fsp3) is 0.870. The van der Waals surface area contributed by atoms with E-state index in [-0.39, 0.29) is 25.9 Å². The maximum atomic E-state index is 13.4. The third-order valence-corrected chi connectivity index (χ3v) is 7.66. The Morgan fingerprint density at radius 2 is 2.03 bits per heavy atom. The molecule has 0 spiro atoms. The summed E-state index contributed by atoms with van der Waals surface area (Å²) in [5.41, 5.74) is 0. The minimum Gasteiger partial charge on any atom is -0.338 e. The third-order valence-electron chi connectivity index (χ3n) is 6.42. The summed E-state index contributed by atoms with van der Waals surface area (Å²) in [5.74, 6) is -3.25. The summed E-state index contributed by atoms with van der Waals surface area (Å²) in [6.07, 6.45) is 6.47. The normalized spacial score (nSPS) is 28.4. The molecule has 0 aromatic carbocycles. The first-order valence-electron chi connectivity index (χ1n) is 11.3. The summed E-state index contributed by atoms with van der Waals surface area (Å²) >= 11 is 1.43. The minimum atomic E-state index is -3.37. The van der Waals surface area contributed by atoms with Crippen molar-refractivity contribution in [3.63, 3.8) is 0 Å². The van der Waals surface area contributed by atoms with Crippen molar-refractivity contribution in [2.24, 2.45) is 16.8 Å². The molecule has 1 aliphatic heterocycles. The van der Waals surface area contributed by atoms with Crippen LogP contribution in [0, 0.1) is 11.8 Å². The zero-order chi connectivity index (χ0) is 22.5. The molecule has 4 atom stereocenters. The molecular weight excluding hydrogens is 420 g/mol. The molecule has 4 unspecified atom stereocenters. The molecule has 0 aromatic heterocycles. The van der Waals surface area contributed by atoms with E-state index in [2.05, 4.69) is 19.2 Å². The second-order valence-electron chi connectivity index (χ2n) is 9.09. The topological polar surface area (TPSA) is 61.8 Å². The van der Waals surface area contributed by atoms with Crippen LogP contribution < -0.4 is 5.32 Å². The van der Waals surface area contributed by atoms with Gasteiger partial charge in [0.2, 0.25) is 5.91 Å². The Kier molecular flexibility index (Phi) is 10.4. The number of nitrogens with zero attached hydrogens (tertiary/aromatic N) is 2. The molecule has 0 aromatic rings. The van der Waals surface area contributed by atoms with Gasteiger partial charge in [0, 0.05) is 20.0 Å². The van der Waals surface area contributed by atoms with Gasteiger partial charge in [-0.3, -0.25) is 14.6 Å². The molecular formula is C23H41F2N3O2S. The van der Waals surface area contributed by atoms with Gasteiger partial charge in [-0.25, -0.2) is 0 Å². The lowest BCUT2D eigenvalue weighted by Gasteiger charge is -2.26. The van der Waals surface area contributed by atoms with Gasteiger partial charge in [0.25, 0.3) is 5.91 Å². The monoisotopic (exact) mass is 461 g/mol. The van der Waals surface area contributed by atoms with Crippen molar-refractivity contribution in [3.8, 4) is 0 Å². The maximum absolute atomic E-state index is 13.4. The Hall–Kier alpha value is -1.18. The molecule has 1 saturated carbocycles. The number of carbonyl (C=O) groups is 2. The molecule has 1 saturated heterocycles. The Balaban J connectivity index is 0.00000480. The highest BCUT2D eigenvalue weighted by Crippen LogP contribution is 2.39. The van der Waals surface area contributed by atoms with Crippen LogP contribution in [0.25, 0.3) is 0 Å². The zero-order valence-electron chi connectivity index (χ0n) is 19.0. The maximum Gasteiger partial charge on any atom is 0.322 e. The van der Waals surface area contributed by atoms with Crippen molar-refractivity contribution >= 4 is 28.7 Å². The lowest BCUT2D eigenvalue weighted by atomic mass is 9.97. The molecule has 2 aliphatic rings. The fourth-order valence-corrected chi connectivity index (χ4v) is 5.60. The van der Waals surface area contributed by atoms with E-state index in [1.165, 1.54) is 42.3 Å². The predicted octanol–water partition coefficient (Wildman–Crippen LogP) is 5.49. The van der Waals surface area contributed by atoms with Crippen LogP contribution in [0.5, 0.6) is 0 Å². The van der Waals surface area contributed by atoms with Gasteiger partial charge in [0.05, 0.1) is 10.8 Å². The molecule has 31 heavy (non-hydrogen) atoms. The first kappa shape index (κ1) is 27.9. The fourth-order valence-electron chi connectivity index (χ4n) is 4.42. The Morgan fingerprint density at radius 3 is 2.58 bits per heavy atom. The third kappa shape index (κ3) is 7.43. The number of amidine groups is 1. The SMILES string of the molecule is C.CCCN(CCCC1(C)SC(=NC(C)C2CCC(CC)C2)NC1=O)C(=O)C(C)(F)F. The van der Waals surface area contributed by atoms with Gasteiger partial charge in [0.1, 0.15) is 0 Å². The van der Waals surface area contributed by atoms with E-state index >= 15 is 0 Å². The number of carbonyl (C=O) groups excluding carboxylic acids is 2. The average Bonchev–Trinajstić information content (AvgIpc) is 3.25. The van der Waals surface area contributed by atoms with Crippen molar-refractivity contribution in [2.75, 3.05) is 13.1 Å². The summed E-state index contributed by atoms with van der Waals surface area (Å²) < 4.78 is 26.2. The summed E-state index contributed by atoms with van der Waals surface area (Å²) in [6, 6.07) is 0.177. The van der Waals surface area contributed by atoms with Crippen molar-refractivity contribution in [2.45, 2.75) is 104 Å². The molecule has 1 aliphatic carbocycles. The van der Waals surface area contributed by atoms with E-state index in [1.807, 2.05) is 13.8 Å². The number of amides is 2. The molecule has 180 valence electrons. The minimum absolute atomic E-state index is 0. The van der Waals surface area contributed by atoms with Crippen molar-refractivity contribution in [1.82, 2.24) is 10.2 Å². The molecule has 0 bridgehead atoms. The van der Waals surface area contributed by atoms with E-state index < -0.39 is 16.6 Å². The standard InChI is InChI=1S/C22H37F2N3O2S.CH4/c1-6-12-27(19(29)22(5,23)24)13-8-11-21(4)18(28)26-20(30-21)25-15(3)17-10-9-16(7-2)14-17;/h15-17H,6-14H2,1-5H3,(H,25,26,28);1H4.